The molecule has 0 aliphatic carbocycles. The largest absolute Gasteiger partial charge is 0.330 e. The van der Waals surface area contributed by atoms with Gasteiger partial charge in [0, 0.05) is 10.7 Å². The maximum absolute atomic E-state index is 6.10. The van der Waals surface area contributed by atoms with Crippen LogP contribution in [0.2, 0.25) is 5.02 Å². The Bertz CT molecular complexity index is 996. The first kappa shape index (κ1) is 12.1. The minimum atomic E-state index is 0.658. The lowest BCUT2D eigenvalue weighted by molar-refractivity contribution is 1.07. The molecule has 0 fully saturated rings. The number of H-pyrrole nitrogens is 1. The molecule has 6 heteroatoms. The van der Waals surface area contributed by atoms with Crippen molar-refractivity contribution in [3.05, 3.63) is 51.7 Å². The van der Waals surface area contributed by atoms with E-state index in [1.807, 2.05) is 40.4 Å². The quantitative estimate of drug-likeness (QED) is 0.504. The standard InChI is InChI=1S/C14H8ClN3S2/c15-8-1-3-10-12(5-8)18(14(19)17-10)9-2-4-11-13(6-9)20-7-16-11/h1-7H,(H,17,19). The summed E-state index contributed by atoms with van der Waals surface area (Å²) in [4.78, 5) is 7.50. The van der Waals surface area contributed by atoms with Crippen LogP contribution >= 0.6 is 35.2 Å². The molecule has 3 nitrogen and oxygen atoms in total. The van der Waals surface area contributed by atoms with Crippen LogP contribution in [-0.2, 0) is 0 Å². The molecule has 0 unspecified atom stereocenters. The number of halogens is 1. The summed E-state index contributed by atoms with van der Waals surface area (Å²) in [5.74, 6) is 0. The van der Waals surface area contributed by atoms with Gasteiger partial charge in [0.2, 0.25) is 0 Å². The Morgan fingerprint density at radius 2 is 2.10 bits per heavy atom. The van der Waals surface area contributed by atoms with E-state index in [1.54, 1.807) is 11.3 Å². The summed E-state index contributed by atoms with van der Waals surface area (Å²) >= 11 is 13.1. The van der Waals surface area contributed by atoms with Crippen LogP contribution in [-0.4, -0.2) is 14.5 Å². The molecule has 0 saturated heterocycles. The summed E-state index contributed by atoms with van der Waals surface area (Å²) in [6.45, 7) is 0. The average Bonchev–Trinajstić information content (AvgIpc) is 3.00. The van der Waals surface area contributed by atoms with E-state index in [1.165, 1.54) is 0 Å². The van der Waals surface area contributed by atoms with Gasteiger partial charge in [-0.25, -0.2) is 4.98 Å². The van der Waals surface area contributed by atoms with Gasteiger partial charge >= 0.3 is 0 Å². The van der Waals surface area contributed by atoms with E-state index in [2.05, 4.69) is 16.0 Å². The van der Waals surface area contributed by atoms with Gasteiger partial charge in [-0.05, 0) is 48.6 Å². The number of benzene rings is 2. The number of thiazole rings is 1. The van der Waals surface area contributed by atoms with Crippen molar-refractivity contribution in [2.75, 3.05) is 0 Å². The molecule has 4 aromatic rings. The summed E-state index contributed by atoms with van der Waals surface area (Å²) in [6.07, 6.45) is 0. The third-order valence-electron chi connectivity index (χ3n) is 3.22. The Balaban J connectivity index is 2.07. The lowest BCUT2D eigenvalue weighted by Gasteiger charge is -2.04. The molecule has 98 valence electrons. The third kappa shape index (κ3) is 1.78. The SMILES string of the molecule is S=c1[nH]c2ccc(Cl)cc2n1-c1ccc2ncsc2c1. The smallest absolute Gasteiger partial charge is 0.182 e. The molecule has 2 aromatic carbocycles. The van der Waals surface area contributed by atoms with Crippen molar-refractivity contribution in [3.8, 4) is 5.69 Å². The van der Waals surface area contributed by atoms with E-state index in [4.69, 9.17) is 23.8 Å². The lowest BCUT2D eigenvalue weighted by Crippen LogP contribution is -1.93. The van der Waals surface area contributed by atoms with Gasteiger partial charge in [0.05, 0.1) is 26.8 Å². The monoisotopic (exact) mass is 317 g/mol. The molecule has 0 aliphatic rings. The summed E-state index contributed by atoms with van der Waals surface area (Å²) < 4.78 is 3.79. The number of hydrogen-bond donors (Lipinski definition) is 1. The molecule has 0 saturated carbocycles. The number of hydrogen-bond acceptors (Lipinski definition) is 3. The van der Waals surface area contributed by atoms with Crippen LogP contribution in [0, 0.1) is 4.77 Å². The molecular weight excluding hydrogens is 310 g/mol. The molecule has 0 bridgehead atoms. The Hall–Kier alpha value is -1.69. The van der Waals surface area contributed by atoms with E-state index in [9.17, 15) is 0 Å². The highest BCUT2D eigenvalue weighted by atomic mass is 35.5. The minimum absolute atomic E-state index is 0.658. The molecular formula is C14H8ClN3S2. The number of nitrogens with zero attached hydrogens (tertiary/aromatic N) is 2. The van der Waals surface area contributed by atoms with Gasteiger partial charge < -0.3 is 4.98 Å². The summed E-state index contributed by atoms with van der Waals surface area (Å²) in [7, 11) is 0. The third-order valence-corrected chi connectivity index (χ3v) is 4.53. The zero-order valence-electron chi connectivity index (χ0n) is 10.1. The second-order valence-corrected chi connectivity index (χ2v) is 6.14. The van der Waals surface area contributed by atoms with Crippen LogP contribution in [0.1, 0.15) is 0 Å². The van der Waals surface area contributed by atoms with E-state index in [-0.39, 0.29) is 0 Å². The Morgan fingerprint density at radius 3 is 3.00 bits per heavy atom. The van der Waals surface area contributed by atoms with Crippen molar-refractivity contribution in [2.24, 2.45) is 0 Å². The molecule has 20 heavy (non-hydrogen) atoms. The van der Waals surface area contributed by atoms with E-state index in [0.29, 0.717) is 9.79 Å². The number of fused-ring (bicyclic) bond motifs is 2. The Labute approximate surface area is 128 Å². The highest BCUT2D eigenvalue weighted by Gasteiger charge is 2.08. The zero-order valence-corrected chi connectivity index (χ0v) is 12.5. The first-order chi connectivity index (χ1) is 9.72. The van der Waals surface area contributed by atoms with Crippen LogP contribution in [0.4, 0.5) is 0 Å². The number of imidazole rings is 1. The van der Waals surface area contributed by atoms with Crippen LogP contribution in [0.3, 0.4) is 0 Å². The zero-order chi connectivity index (χ0) is 13.7. The van der Waals surface area contributed by atoms with Gasteiger partial charge in [-0.15, -0.1) is 11.3 Å². The fourth-order valence-corrected chi connectivity index (χ4v) is 3.51. The summed E-state index contributed by atoms with van der Waals surface area (Å²) in [6, 6.07) is 11.8. The average molecular weight is 318 g/mol. The normalized spacial score (nSPS) is 11.4. The molecule has 2 heterocycles. The van der Waals surface area contributed by atoms with Gasteiger partial charge in [0.25, 0.3) is 0 Å². The predicted molar refractivity (Wildman–Crippen MR) is 86.6 cm³/mol. The van der Waals surface area contributed by atoms with E-state index >= 15 is 0 Å². The second kappa shape index (κ2) is 4.41. The van der Waals surface area contributed by atoms with Gasteiger partial charge in [-0.1, -0.05) is 11.6 Å². The molecule has 1 N–H and O–H groups in total. The fraction of sp³-hybridized carbons (Fsp3) is 0. The van der Waals surface area contributed by atoms with Crippen LogP contribution < -0.4 is 0 Å². The summed E-state index contributed by atoms with van der Waals surface area (Å²) in [5, 5.41) is 0.694. The molecule has 0 atom stereocenters. The minimum Gasteiger partial charge on any atom is -0.330 e. The Morgan fingerprint density at radius 1 is 1.20 bits per heavy atom. The molecule has 0 radical (unpaired) electrons. The number of aromatic nitrogens is 3. The maximum atomic E-state index is 6.10. The predicted octanol–water partition coefficient (Wildman–Crippen LogP) is 4.95. The highest BCUT2D eigenvalue weighted by molar-refractivity contribution is 7.71. The van der Waals surface area contributed by atoms with Gasteiger partial charge in [-0.2, -0.15) is 0 Å². The van der Waals surface area contributed by atoms with Gasteiger partial charge in [0.15, 0.2) is 4.77 Å². The van der Waals surface area contributed by atoms with Gasteiger partial charge in [-0.3, -0.25) is 4.57 Å². The van der Waals surface area contributed by atoms with Crippen LogP contribution in [0.5, 0.6) is 0 Å². The second-order valence-electron chi connectivity index (χ2n) is 4.43. The number of rotatable bonds is 1. The fourth-order valence-electron chi connectivity index (χ4n) is 2.32. The molecule has 0 aliphatic heterocycles. The van der Waals surface area contributed by atoms with Crippen molar-refractivity contribution in [1.82, 2.24) is 14.5 Å². The van der Waals surface area contributed by atoms with E-state index < -0.39 is 0 Å². The lowest BCUT2D eigenvalue weighted by atomic mass is 10.2. The molecule has 4 rings (SSSR count). The van der Waals surface area contributed by atoms with Crippen molar-refractivity contribution in [3.63, 3.8) is 0 Å². The van der Waals surface area contributed by atoms with Crippen molar-refractivity contribution >= 4 is 56.4 Å². The van der Waals surface area contributed by atoms with E-state index in [0.717, 1.165) is 26.9 Å². The van der Waals surface area contributed by atoms with Gasteiger partial charge in [0.1, 0.15) is 0 Å². The summed E-state index contributed by atoms with van der Waals surface area (Å²) in [5.41, 5.74) is 5.82. The first-order valence-electron chi connectivity index (χ1n) is 5.96. The van der Waals surface area contributed by atoms with Crippen molar-refractivity contribution in [2.45, 2.75) is 0 Å². The molecule has 0 spiro atoms. The Kier molecular flexibility index (Phi) is 2.66. The van der Waals surface area contributed by atoms with Crippen molar-refractivity contribution in [1.29, 1.82) is 0 Å². The topological polar surface area (TPSA) is 33.6 Å². The van der Waals surface area contributed by atoms with Crippen LogP contribution in [0.15, 0.2) is 41.9 Å². The van der Waals surface area contributed by atoms with Crippen molar-refractivity contribution < 1.29 is 0 Å². The number of aromatic amines is 1. The maximum Gasteiger partial charge on any atom is 0.182 e. The molecule has 0 amide bonds. The molecule has 2 aromatic heterocycles. The first-order valence-corrected chi connectivity index (χ1v) is 7.63. The highest BCUT2D eigenvalue weighted by Crippen LogP contribution is 2.26. The number of nitrogens with one attached hydrogen (secondary N) is 1. The van der Waals surface area contributed by atoms with Crippen LogP contribution in [0.25, 0.3) is 26.9 Å².